The second-order valence-corrected chi connectivity index (χ2v) is 25.4. The lowest BCUT2D eigenvalue weighted by Gasteiger charge is -2.37. The maximum atomic E-state index is 13.3. The van der Waals surface area contributed by atoms with Crippen molar-refractivity contribution in [3.8, 4) is 34.5 Å². The molecule has 16 nitrogen and oxygen atoms in total. The number of carbonyl (C=O) groups excluding carboxylic acids is 3. The van der Waals surface area contributed by atoms with Gasteiger partial charge in [-0.25, -0.2) is 23.2 Å². The molecule has 8 aromatic carbocycles. The number of ether oxygens (including phenoxy) is 6. The largest absolute Gasteiger partial charge is 0.519 e. The summed E-state index contributed by atoms with van der Waals surface area (Å²) in [5.74, 6) is 5.16. The van der Waals surface area contributed by atoms with Crippen LogP contribution in [0.15, 0.2) is 212 Å². The summed E-state index contributed by atoms with van der Waals surface area (Å²) in [6, 6.07) is 63.8. The lowest BCUT2D eigenvalue weighted by atomic mass is 10.0. The van der Waals surface area contributed by atoms with E-state index < -0.39 is 12.2 Å². The van der Waals surface area contributed by atoms with Crippen LogP contribution < -0.4 is 50.1 Å². The minimum atomic E-state index is -0.739. The van der Waals surface area contributed by atoms with Gasteiger partial charge in [-0.15, -0.1) is 0 Å². The van der Waals surface area contributed by atoms with Gasteiger partial charge in [0.2, 0.25) is 0 Å². The van der Waals surface area contributed by atoms with Gasteiger partial charge in [0.25, 0.3) is 0 Å². The van der Waals surface area contributed by atoms with E-state index in [1.165, 1.54) is 50.2 Å². The Hall–Kier alpha value is -9.33. The lowest BCUT2D eigenvalue weighted by molar-refractivity contribution is 0.127. The molecular weight excluding hydrogens is 1250 g/mol. The number of benzene rings is 8. The van der Waals surface area contributed by atoms with Crippen molar-refractivity contribution in [2.45, 2.75) is 119 Å². The predicted octanol–water partition coefficient (Wildman–Crippen LogP) is 16.8. The van der Waals surface area contributed by atoms with Gasteiger partial charge in [0, 0.05) is 44.8 Å². The maximum Gasteiger partial charge on any atom is 0.519 e. The average molecular weight is 1360 g/mol. The predicted molar refractivity (Wildman–Crippen MR) is 392 cm³/mol. The quantitative estimate of drug-likeness (QED) is 0.0352. The molecule has 2 aliphatic heterocycles. The van der Waals surface area contributed by atoms with Gasteiger partial charge in [0.1, 0.15) is 46.1 Å². The minimum absolute atomic E-state index is 0. The number of carbonyl (C=O) groups is 3. The fourth-order valence-corrected chi connectivity index (χ4v) is 9.73. The van der Waals surface area contributed by atoms with Crippen molar-refractivity contribution in [2.24, 2.45) is 23.5 Å². The highest BCUT2D eigenvalue weighted by molar-refractivity contribution is 5.74. The van der Waals surface area contributed by atoms with Crippen LogP contribution in [0.2, 0.25) is 0 Å². The molecule has 2 aliphatic rings. The van der Waals surface area contributed by atoms with E-state index in [4.69, 9.17) is 34.2 Å². The van der Waals surface area contributed by atoms with Gasteiger partial charge in [-0.2, -0.15) is 0 Å². The van der Waals surface area contributed by atoms with Gasteiger partial charge in [-0.05, 0) is 209 Å². The number of likely N-dealkylation sites (tertiary alicyclic amines) is 2. The molecule has 18 heteroatoms. The molecule has 0 spiro atoms. The Morgan fingerprint density at radius 2 is 0.788 bits per heavy atom. The Morgan fingerprint density at radius 1 is 0.444 bits per heavy atom. The summed E-state index contributed by atoms with van der Waals surface area (Å²) < 4.78 is 57.9. The normalized spacial score (nSPS) is 13.0. The van der Waals surface area contributed by atoms with E-state index in [-0.39, 0.29) is 31.1 Å². The molecule has 0 saturated carbocycles. The molecule has 532 valence electrons. The van der Waals surface area contributed by atoms with Crippen LogP contribution >= 0.6 is 0 Å². The number of hydrogen-bond acceptors (Lipinski definition) is 13. The van der Waals surface area contributed by atoms with Crippen molar-refractivity contribution < 1.29 is 51.6 Å². The van der Waals surface area contributed by atoms with Gasteiger partial charge in [-0.1, -0.05) is 164 Å². The molecule has 0 aliphatic carbocycles. The van der Waals surface area contributed by atoms with Crippen molar-refractivity contribution in [3.05, 3.63) is 252 Å². The molecule has 0 unspecified atom stereocenters. The number of nitrogens with two attached hydrogens (primary N) is 1. The van der Waals surface area contributed by atoms with E-state index in [1.54, 1.807) is 72.8 Å². The Labute approximate surface area is 587 Å². The standard InChI is InChI=1S/C25H34FN3O2.C18H21NO3.C13H19FN2.C13H10O3.C11H17NO.CH4/c1-19(2)18-31-24-10-6-20(7-11-24)16-27-25(30)29(23-12-14-28(3)15-13-23)17-21-4-8-22(26)9-5-21;1-14(2)13-21-16-10-8-15(9-11-16)12-19-18(20)22-17-6-4-3-5-7-17;1-16-8-6-13(7-9-16)15-10-11-2-4-12(14)5-3-11;14-13(15-11-7-3-1-4-8-11)16-12-9-5-2-6-10-12;1-9(2)8-13-11-5-3-10(7-12)4-6-11;/h4-11,19,23H,12-18H2,1-3H3,(H,27,30);3-11,14H,12-13H2,1-2H3,(H,19,20);2-5,13,15H,6-10H2,1H3;1-10H;3-6,9H,7-8,12H2,1-2H3;1H4. The third kappa shape index (κ3) is 33.7. The summed E-state index contributed by atoms with van der Waals surface area (Å²) in [4.78, 5) is 42.7. The van der Waals surface area contributed by atoms with Crippen LogP contribution in [0.1, 0.15) is 102 Å². The molecule has 2 saturated heterocycles. The van der Waals surface area contributed by atoms with Crippen molar-refractivity contribution in [3.63, 3.8) is 0 Å². The van der Waals surface area contributed by atoms with Crippen LogP contribution in [0.25, 0.3) is 0 Å². The van der Waals surface area contributed by atoms with E-state index >= 15 is 0 Å². The van der Waals surface area contributed by atoms with Gasteiger partial charge in [0.05, 0.1) is 19.8 Å². The molecule has 5 N–H and O–H groups in total. The highest BCUT2D eigenvalue weighted by Gasteiger charge is 2.27. The summed E-state index contributed by atoms with van der Waals surface area (Å²) in [6.07, 6.45) is 3.08. The second-order valence-electron chi connectivity index (χ2n) is 25.4. The summed E-state index contributed by atoms with van der Waals surface area (Å²) in [7, 11) is 4.27. The van der Waals surface area contributed by atoms with Crippen LogP contribution in [0.5, 0.6) is 34.5 Å². The summed E-state index contributed by atoms with van der Waals surface area (Å²) >= 11 is 0. The van der Waals surface area contributed by atoms with Gasteiger partial charge in [0.15, 0.2) is 0 Å². The van der Waals surface area contributed by atoms with Crippen molar-refractivity contribution in [1.82, 2.24) is 30.7 Å². The molecule has 2 heterocycles. The van der Waals surface area contributed by atoms with E-state index in [0.717, 1.165) is 84.1 Å². The van der Waals surface area contributed by atoms with Crippen LogP contribution in [0.4, 0.5) is 23.2 Å². The average Bonchev–Trinajstić information content (AvgIpc) is 0.866. The minimum Gasteiger partial charge on any atom is -0.493 e. The number of amides is 3. The highest BCUT2D eigenvalue weighted by Crippen LogP contribution is 2.22. The fraction of sp³-hybridized carbons (Fsp3) is 0.370. The third-order valence-corrected chi connectivity index (χ3v) is 15.4. The molecular formula is C81H105F2N7O9. The number of piperidine rings is 2. The van der Waals surface area contributed by atoms with Crippen LogP contribution in [-0.4, -0.2) is 105 Å². The first kappa shape index (κ1) is 80.4. The van der Waals surface area contributed by atoms with Gasteiger partial charge in [-0.3, -0.25) is 0 Å². The molecule has 99 heavy (non-hydrogen) atoms. The molecule has 0 radical (unpaired) electrons. The number of para-hydroxylation sites is 3. The maximum absolute atomic E-state index is 13.3. The molecule has 8 aromatic rings. The molecule has 10 rings (SSSR count). The first-order valence-corrected chi connectivity index (χ1v) is 33.8. The lowest BCUT2D eigenvalue weighted by Crippen LogP contribution is -2.49. The van der Waals surface area contributed by atoms with Crippen molar-refractivity contribution in [2.75, 3.05) is 60.1 Å². The van der Waals surface area contributed by atoms with E-state index in [1.807, 2.05) is 120 Å². The topological polar surface area (TPSA) is 178 Å². The zero-order chi connectivity index (χ0) is 70.3. The molecule has 0 aromatic heterocycles. The van der Waals surface area contributed by atoms with Gasteiger partial charge >= 0.3 is 18.3 Å². The Kier molecular flexibility index (Phi) is 36.8. The number of hydrogen-bond donors (Lipinski definition) is 4. The number of nitrogens with zero attached hydrogens (tertiary/aromatic N) is 3. The Bertz CT molecular complexity index is 3410. The van der Waals surface area contributed by atoms with Crippen molar-refractivity contribution >= 4 is 18.3 Å². The summed E-state index contributed by atoms with van der Waals surface area (Å²) in [6.45, 7) is 21.9. The Balaban J connectivity index is 0.000000231. The molecule has 2 fully saturated rings. The number of urea groups is 1. The van der Waals surface area contributed by atoms with Gasteiger partial charge < -0.3 is 64.8 Å². The zero-order valence-corrected chi connectivity index (χ0v) is 58.3. The van der Waals surface area contributed by atoms with Crippen molar-refractivity contribution in [1.29, 1.82) is 0 Å². The molecule has 3 amide bonds. The first-order valence-electron chi connectivity index (χ1n) is 33.8. The number of halogens is 2. The monoisotopic (exact) mass is 1360 g/mol. The smallest absolute Gasteiger partial charge is 0.493 e. The second kappa shape index (κ2) is 45.3. The van der Waals surface area contributed by atoms with E-state index in [2.05, 4.69) is 81.4 Å². The van der Waals surface area contributed by atoms with Crippen LogP contribution in [0.3, 0.4) is 0 Å². The first-order chi connectivity index (χ1) is 47.3. The van der Waals surface area contributed by atoms with E-state index in [9.17, 15) is 23.2 Å². The molecule has 0 bridgehead atoms. The highest BCUT2D eigenvalue weighted by atomic mass is 19.1. The summed E-state index contributed by atoms with van der Waals surface area (Å²) in [5.41, 5.74) is 10.7. The molecule has 0 atom stereocenters. The Morgan fingerprint density at radius 3 is 1.18 bits per heavy atom. The van der Waals surface area contributed by atoms with E-state index in [0.29, 0.717) is 80.4 Å². The zero-order valence-electron chi connectivity index (χ0n) is 58.3. The fourth-order valence-electron chi connectivity index (χ4n) is 9.73. The third-order valence-electron chi connectivity index (χ3n) is 15.4. The number of rotatable bonds is 23. The van der Waals surface area contributed by atoms with Crippen LogP contribution in [-0.2, 0) is 32.7 Å². The SMILES string of the molecule is C.CC(C)COc1ccc(CN)cc1.CC(C)COc1ccc(CNC(=O)N(Cc2ccc(F)cc2)C2CCN(C)CC2)cc1.CC(C)COc1ccc(CNC(=O)Oc2ccccc2)cc1.CN1CCC(NCc2ccc(F)cc2)CC1.O=C(Oc1ccccc1)Oc1ccccc1. The number of nitrogens with one attached hydrogen (secondary N) is 3. The van der Waals surface area contributed by atoms with Crippen LogP contribution in [0, 0.1) is 29.4 Å². The summed E-state index contributed by atoms with van der Waals surface area (Å²) in [5, 5.41) is 9.31.